The van der Waals surface area contributed by atoms with Crippen LogP contribution >= 0.6 is 0 Å². The van der Waals surface area contributed by atoms with E-state index in [-0.39, 0.29) is 18.4 Å². The number of hydrogen-bond donors (Lipinski definition) is 3. The molecule has 2 atom stereocenters. The Labute approximate surface area is 204 Å². The van der Waals surface area contributed by atoms with Gasteiger partial charge < -0.3 is 15.2 Å². The van der Waals surface area contributed by atoms with Gasteiger partial charge in [-0.15, -0.1) is 0 Å². The second kappa shape index (κ2) is 10.4. The summed E-state index contributed by atoms with van der Waals surface area (Å²) in [5.41, 5.74) is 5.35. The zero-order valence-corrected chi connectivity index (χ0v) is 19.7. The third-order valence-corrected chi connectivity index (χ3v) is 6.50. The van der Waals surface area contributed by atoms with Crippen LogP contribution in [0.3, 0.4) is 0 Å². The van der Waals surface area contributed by atoms with Crippen LogP contribution in [-0.4, -0.2) is 35.7 Å². The Morgan fingerprint density at radius 2 is 1.49 bits per heavy atom. The number of anilines is 1. The number of carbonyl (C=O) groups is 3. The number of amides is 2. The van der Waals surface area contributed by atoms with Crippen LogP contribution < -0.4 is 10.6 Å². The van der Waals surface area contributed by atoms with E-state index in [2.05, 4.69) is 34.9 Å². The lowest BCUT2D eigenvalue weighted by Crippen LogP contribution is -2.45. The van der Waals surface area contributed by atoms with E-state index < -0.39 is 24.0 Å². The zero-order chi connectivity index (χ0) is 24.9. The molecule has 0 bridgehead atoms. The second-order valence-electron chi connectivity index (χ2n) is 8.70. The molecule has 0 saturated carbocycles. The second-order valence-corrected chi connectivity index (χ2v) is 8.70. The maximum absolute atomic E-state index is 12.5. The molecular weight excluding hydrogens is 444 g/mol. The lowest BCUT2D eigenvalue weighted by molar-refractivity contribution is -0.140. The highest BCUT2D eigenvalue weighted by Gasteiger charge is 2.29. The molecule has 3 aromatic rings. The molecule has 1 aliphatic carbocycles. The summed E-state index contributed by atoms with van der Waals surface area (Å²) in [6, 6.07) is 21.5. The van der Waals surface area contributed by atoms with Gasteiger partial charge in [0, 0.05) is 17.2 Å². The topological polar surface area (TPSA) is 105 Å². The number of fused-ring (bicyclic) bond motifs is 3. The molecule has 1 aliphatic rings. The van der Waals surface area contributed by atoms with Crippen molar-refractivity contribution in [2.45, 2.75) is 32.2 Å². The van der Waals surface area contributed by atoms with Crippen molar-refractivity contribution in [2.75, 3.05) is 11.9 Å². The van der Waals surface area contributed by atoms with Crippen LogP contribution in [0.2, 0.25) is 0 Å². The molecule has 2 unspecified atom stereocenters. The average molecular weight is 473 g/mol. The number of carboxylic acids is 1. The predicted molar refractivity (Wildman–Crippen MR) is 133 cm³/mol. The first kappa shape index (κ1) is 24.0. The van der Waals surface area contributed by atoms with E-state index in [1.807, 2.05) is 31.2 Å². The zero-order valence-electron chi connectivity index (χ0n) is 19.7. The van der Waals surface area contributed by atoms with Gasteiger partial charge in [0.1, 0.15) is 12.6 Å². The largest absolute Gasteiger partial charge is 0.480 e. The lowest BCUT2D eigenvalue weighted by Gasteiger charge is -2.20. The van der Waals surface area contributed by atoms with Crippen LogP contribution in [-0.2, 0) is 9.53 Å². The standard InChI is InChI=1S/C28H28N2O5/c1-3-17(2)25(27(32)33)30-26(31)18-12-14-19(15-13-18)29-28(34)35-16-24-22-10-6-4-8-20(22)21-9-5-7-11-23(21)24/h4-15,17,24-25H,3,16H2,1-2H3,(H,29,34)(H,30,31)(H,32,33). The predicted octanol–water partition coefficient (Wildman–Crippen LogP) is 5.28. The van der Waals surface area contributed by atoms with Crippen molar-refractivity contribution in [2.24, 2.45) is 5.92 Å². The number of carbonyl (C=O) groups excluding carboxylic acids is 2. The van der Waals surface area contributed by atoms with E-state index in [0.29, 0.717) is 17.7 Å². The van der Waals surface area contributed by atoms with Crippen molar-refractivity contribution in [3.05, 3.63) is 89.5 Å². The van der Waals surface area contributed by atoms with Crippen molar-refractivity contribution < 1.29 is 24.2 Å². The lowest BCUT2D eigenvalue weighted by atomic mass is 9.98. The molecular formula is C28H28N2O5. The Bertz CT molecular complexity index is 1190. The first-order valence-electron chi connectivity index (χ1n) is 11.6. The average Bonchev–Trinajstić information content (AvgIpc) is 3.19. The fraction of sp³-hybridized carbons (Fsp3) is 0.250. The molecule has 2 amide bonds. The third-order valence-electron chi connectivity index (χ3n) is 6.50. The van der Waals surface area contributed by atoms with Gasteiger partial charge in [-0.2, -0.15) is 0 Å². The van der Waals surface area contributed by atoms with Gasteiger partial charge in [-0.3, -0.25) is 10.1 Å². The normalized spacial score (nSPS) is 13.8. The van der Waals surface area contributed by atoms with E-state index in [9.17, 15) is 19.5 Å². The summed E-state index contributed by atoms with van der Waals surface area (Å²) in [6.45, 7) is 3.85. The van der Waals surface area contributed by atoms with Crippen LogP contribution in [0.25, 0.3) is 11.1 Å². The molecule has 0 spiro atoms. The molecule has 4 rings (SSSR count). The molecule has 7 nitrogen and oxygen atoms in total. The Morgan fingerprint density at radius 3 is 2.03 bits per heavy atom. The first-order chi connectivity index (χ1) is 16.9. The number of nitrogens with one attached hydrogen (secondary N) is 2. The number of hydrogen-bond acceptors (Lipinski definition) is 4. The number of benzene rings is 3. The molecule has 35 heavy (non-hydrogen) atoms. The van der Waals surface area contributed by atoms with Gasteiger partial charge in [0.15, 0.2) is 0 Å². The molecule has 0 fully saturated rings. The van der Waals surface area contributed by atoms with Gasteiger partial charge >= 0.3 is 12.1 Å². The van der Waals surface area contributed by atoms with Crippen molar-refractivity contribution in [1.82, 2.24) is 5.32 Å². The fourth-order valence-corrected chi connectivity index (χ4v) is 4.36. The first-order valence-corrected chi connectivity index (χ1v) is 11.6. The highest BCUT2D eigenvalue weighted by molar-refractivity contribution is 5.97. The van der Waals surface area contributed by atoms with Gasteiger partial charge in [-0.05, 0) is 52.4 Å². The van der Waals surface area contributed by atoms with Gasteiger partial charge in [0.05, 0.1) is 0 Å². The van der Waals surface area contributed by atoms with Gasteiger partial charge in [-0.25, -0.2) is 9.59 Å². The molecule has 0 aliphatic heterocycles. The Hall–Kier alpha value is -4.13. The Kier molecular flexibility index (Phi) is 7.15. The fourth-order valence-electron chi connectivity index (χ4n) is 4.36. The number of rotatable bonds is 8. The van der Waals surface area contributed by atoms with E-state index in [0.717, 1.165) is 22.3 Å². The van der Waals surface area contributed by atoms with Crippen LogP contribution in [0.4, 0.5) is 10.5 Å². The summed E-state index contributed by atoms with van der Waals surface area (Å²) in [5, 5.41) is 14.6. The van der Waals surface area contributed by atoms with Gasteiger partial charge in [0.25, 0.3) is 5.91 Å². The molecule has 0 saturated heterocycles. The maximum Gasteiger partial charge on any atom is 0.411 e. The minimum atomic E-state index is -1.07. The quantitative estimate of drug-likeness (QED) is 0.414. The maximum atomic E-state index is 12.5. The summed E-state index contributed by atoms with van der Waals surface area (Å²) in [5.74, 6) is -1.79. The highest BCUT2D eigenvalue weighted by Crippen LogP contribution is 2.44. The van der Waals surface area contributed by atoms with Crippen LogP contribution in [0.5, 0.6) is 0 Å². The molecule has 0 heterocycles. The van der Waals surface area contributed by atoms with Crippen LogP contribution in [0, 0.1) is 5.92 Å². The van der Waals surface area contributed by atoms with Crippen molar-refractivity contribution in [3.63, 3.8) is 0 Å². The van der Waals surface area contributed by atoms with Crippen LogP contribution in [0.1, 0.15) is 47.7 Å². The molecule has 7 heteroatoms. The van der Waals surface area contributed by atoms with Crippen molar-refractivity contribution in [3.8, 4) is 11.1 Å². The van der Waals surface area contributed by atoms with Crippen LogP contribution in [0.15, 0.2) is 72.8 Å². The minimum Gasteiger partial charge on any atom is -0.480 e. The summed E-state index contributed by atoms with van der Waals surface area (Å²) >= 11 is 0. The van der Waals surface area contributed by atoms with Gasteiger partial charge in [-0.1, -0.05) is 68.8 Å². The van der Waals surface area contributed by atoms with Crippen molar-refractivity contribution in [1.29, 1.82) is 0 Å². The van der Waals surface area contributed by atoms with E-state index in [1.54, 1.807) is 19.1 Å². The molecule has 3 N–H and O–H groups in total. The minimum absolute atomic E-state index is 0.0353. The van der Waals surface area contributed by atoms with Gasteiger partial charge in [0.2, 0.25) is 0 Å². The van der Waals surface area contributed by atoms with E-state index >= 15 is 0 Å². The smallest absolute Gasteiger partial charge is 0.411 e. The Balaban J connectivity index is 1.36. The SMILES string of the molecule is CCC(C)C(NC(=O)c1ccc(NC(=O)OCC2c3ccccc3-c3ccccc32)cc1)C(=O)O. The van der Waals surface area contributed by atoms with E-state index in [1.165, 1.54) is 12.1 Å². The third kappa shape index (κ3) is 5.19. The summed E-state index contributed by atoms with van der Waals surface area (Å²) in [4.78, 5) is 36.4. The molecule has 180 valence electrons. The number of aliphatic carboxylic acids is 1. The monoisotopic (exact) mass is 472 g/mol. The van der Waals surface area contributed by atoms with Crippen molar-refractivity contribution >= 4 is 23.7 Å². The summed E-state index contributed by atoms with van der Waals surface area (Å²) in [6.07, 6.45) is 0.0343. The Morgan fingerprint density at radius 1 is 0.914 bits per heavy atom. The molecule has 0 aromatic heterocycles. The number of carboxylic acid groups (broad SMARTS) is 1. The number of ether oxygens (including phenoxy) is 1. The molecule has 3 aromatic carbocycles. The van der Waals surface area contributed by atoms with E-state index in [4.69, 9.17) is 4.74 Å². The summed E-state index contributed by atoms with van der Waals surface area (Å²) in [7, 11) is 0. The highest BCUT2D eigenvalue weighted by atomic mass is 16.5. The molecule has 0 radical (unpaired) electrons. The summed E-state index contributed by atoms with van der Waals surface area (Å²) < 4.78 is 5.54.